The van der Waals surface area contributed by atoms with E-state index in [2.05, 4.69) is 0 Å². The Morgan fingerprint density at radius 3 is 2.13 bits per heavy atom. The quantitative estimate of drug-likeness (QED) is 0.840. The van der Waals surface area contributed by atoms with Crippen molar-refractivity contribution in [1.82, 2.24) is 4.31 Å². The van der Waals surface area contributed by atoms with Gasteiger partial charge in [0.05, 0.1) is 10.9 Å². The van der Waals surface area contributed by atoms with E-state index in [4.69, 9.17) is 0 Å². The second kappa shape index (κ2) is 6.96. The normalized spacial score (nSPS) is 12.7. The number of carbonyl (C=O) groups excluding carboxylic acids is 1. The summed E-state index contributed by atoms with van der Waals surface area (Å²) in [7, 11) is -3.89. The van der Waals surface area contributed by atoms with Crippen LogP contribution in [0.3, 0.4) is 0 Å². The summed E-state index contributed by atoms with van der Waals surface area (Å²) >= 11 is 0. The van der Waals surface area contributed by atoms with Gasteiger partial charge in [-0.1, -0.05) is 55.0 Å². The van der Waals surface area contributed by atoms with Gasteiger partial charge in [-0.15, -0.1) is 0 Å². The summed E-state index contributed by atoms with van der Waals surface area (Å²) in [6, 6.07) is 15.2. The van der Waals surface area contributed by atoms with E-state index in [-0.39, 0.29) is 11.3 Å². The predicted molar refractivity (Wildman–Crippen MR) is 90.4 cm³/mol. The van der Waals surface area contributed by atoms with E-state index in [1.807, 2.05) is 37.3 Å². The van der Waals surface area contributed by atoms with Gasteiger partial charge in [0.2, 0.25) is 5.91 Å². The molecule has 1 amide bonds. The molecule has 0 saturated heterocycles. The number of hydrogen-bond acceptors (Lipinski definition) is 3. The molecule has 23 heavy (non-hydrogen) atoms. The Morgan fingerprint density at radius 1 is 1.04 bits per heavy atom. The number of rotatable bonds is 5. The lowest BCUT2D eigenvalue weighted by molar-refractivity contribution is -0.127. The minimum Gasteiger partial charge on any atom is -0.274 e. The first kappa shape index (κ1) is 17.2. The van der Waals surface area contributed by atoms with Crippen LogP contribution in [-0.2, 0) is 14.8 Å². The van der Waals surface area contributed by atoms with Gasteiger partial charge in [-0.25, -0.2) is 12.7 Å². The average molecular weight is 331 g/mol. The Hall–Kier alpha value is -2.14. The number of aryl methyl sites for hydroxylation is 1. The van der Waals surface area contributed by atoms with Crippen LogP contribution >= 0.6 is 0 Å². The molecule has 0 aromatic heterocycles. The number of amides is 1. The van der Waals surface area contributed by atoms with Crippen molar-refractivity contribution in [3.63, 3.8) is 0 Å². The molecule has 0 heterocycles. The number of carbonyl (C=O) groups is 1. The van der Waals surface area contributed by atoms with Gasteiger partial charge < -0.3 is 0 Å². The van der Waals surface area contributed by atoms with E-state index in [0.717, 1.165) is 15.4 Å². The average Bonchev–Trinajstić information content (AvgIpc) is 2.55. The van der Waals surface area contributed by atoms with Crippen LogP contribution in [0.25, 0.3) is 0 Å². The summed E-state index contributed by atoms with van der Waals surface area (Å²) in [6.07, 6.45) is 0.127. The zero-order valence-electron chi connectivity index (χ0n) is 13.6. The molecule has 0 aliphatic rings. The first-order valence-corrected chi connectivity index (χ1v) is 9.00. The molecule has 0 aliphatic carbocycles. The smallest absolute Gasteiger partial charge is 0.267 e. The highest BCUT2D eigenvalue weighted by atomic mass is 32.2. The molecule has 0 unspecified atom stereocenters. The van der Waals surface area contributed by atoms with Crippen molar-refractivity contribution in [3.8, 4) is 0 Å². The summed E-state index contributed by atoms with van der Waals surface area (Å²) in [5.41, 5.74) is 1.75. The highest BCUT2D eigenvalue weighted by Gasteiger charge is 2.33. The van der Waals surface area contributed by atoms with E-state index in [0.29, 0.717) is 0 Å². The second-order valence-corrected chi connectivity index (χ2v) is 7.26. The lowest BCUT2D eigenvalue weighted by atomic mass is 10.1. The Bertz CT molecular complexity index is 768. The predicted octanol–water partition coefficient (Wildman–Crippen LogP) is 3.68. The van der Waals surface area contributed by atoms with E-state index < -0.39 is 22.0 Å². The Morgan fingerprint density at radius 2 is 1.61 bits per heavy atom. The number of sulfonamides is 1. The molecule has 2 rings (SSSR count). The minimum atomic E-state index is -3.89. The van der Waals surface area contributed by atoms with E-state index >= 15 is 0 Å². The Labute approximate surface area is 137 Å². The molecule has 5 heteroatoms. The van der Waals surface area contributed by atoms with Gasteiger partial charge in [0.15, 0.2) is 0 Å². The third-order valence-electron chi connectivity index (χ3n) is 3.76. The van der Waals surface area contributed by atoms with Gasteiger partial charge in [0, 0.05) is 6.42 Å². The first-order chi connectivity index (χ1) is 10.9. The fraction of sp³-hybridized carbons (Fsp3) is 0.278. The van der Waals surface area contributed by atoms with Crippen LogP contribution in [0.15, 0.2) is 59.5 Å². The molecule has 0 radical (unpaired) electrons. The van der Waals surface area contributed by atoms with Crippen LogP contribution in [0.5, 0.6) is 0 Å². The summed E-state index contributed by atoms with van der Waals surface area (Å²) in [4.78, 5) is 12.5. The topological polar surface area (TPSA) is 54.5 Å². The standard InChI is InChI=1S/C18H21NO3S/c1-4-18(20)19(15(3)16-8-6-5-7-9-16)23(21,22)17-12-10-14(2)11-13-17/h5-13,15H,4H2,1-3H3/t15-/m0/s1. The lowest BCUT2D eigenvalue weighted by Crippen LogP contribution is -2.38. The maximum absolute atomic E-state index is 13.0. The SMILES string of the molecule is CCC(=O)N([C@@H](C)c1ccccc1)S(=O)(=O)c1ccc(C)cc1. The maximum Gasteiger partial charge on any atom is 0.267 e. The lowest BCUT2D eigenvalue weighted by Gasteiger charge is -2.28. The van der Waals surface area contributed by atoms with Gasteiger partial charge in [0.1, 0.15) is 0 Å². The van der Waals surface area contributed by atoms with Crippen molar-refractivity contribution in [3.05, 3.63) is 65.7 Å². The van der Waals surface area contributed by atoms with Gasteiger partial charge in [0.25, 0.3) is 10.0 Å². The minimum absolute atomic E-state index is 0.127. The number of hydrogen-bond donors (Lipinski definition) is 0. The van der Waals surface area contributed by atoms with Crippen LogP contribution in [0, 0.1) is 6.92 Å². The van der Waals surface area contributed by atoms with Gasteiger partial charge in [-0.3, -0.25) is 4.79 Å². The Balaban J connectivity index is 2.50. The summed E-state index contributed by atoms with van der Waals surface area (Å²) in [6.45, 7) is 5.28. The summed E-state index contributed by atoms with van der Waals surface area (Å²) < 4.78 is 26.9. The summed E-state index contributed by atoms with van der Waals surface area (Å²) in [5, 5.41) is 0. The summed E-state index contributed by atoms with van der Waals surface area (Å²) in [5.74, 6) is -0.415. The molecule has 4 nitrogen and oxygen atoms in total. The van der Waals surface area contributed by atoms with E-state index in [1.54, 1.807) is 38.1 Å². The van der Waals surface area contributed by atoms with Crippen molar-refractivity contribution in [2.24, 2.45) is 0 Å². The van der Waals surface area contributed by atoms with Crippen molar-refractivity contribution in [1.29, 1.82) is 0 Å². The molecule has 0 fully saturated rings. The van der Waals surface area contributed by atoms with Crippen LogP contribution in [0.2, 0.25) is 0 Å². The van der Waals surface area contributed by atoms with Gasteiger partial charge in [-0.2, -0.15) is 0 Å². The second-order valence-electron chi connectivity index (χ2n) is 5.45. The van der Waals surface area contributed by atoms with Crippen LogP contribution < -0.4 is 0 Å². The van der Waals surface area contributed by atoms with E-state index in [9.17, 15) is 13.2 Å². The third kappa shape index (κ3) is 3.62. The van der Waals surface area contributed by atoms with Crippen molar-refractivity contribution < 1.29 is 13.2 Å². The van der Waals surface area contributed by atoms with Gasteiger partial charge >= 0.3 is 0 Å². The molecule has 122 valence electrons. The maximum atomic E-state index is 13.0. The zero-order valence-corrected chi connectivity index (χ0v) is 14.4. The Kier molecular flexibility index (Phi) is 5.21. The molecule has 2 aromatic rings. The molecule has 0 N–H and O–H groups in total. The third-order valence-corrected chi connectivity index (χ3v) is 5.67. The molecular formula is C18H21NO3S. The zero-order chi connectivity index (χ0) is 17.0. The molecule has 1 atom stereocenters. The molecule has 0 spiro atoms. The van der Waals surface area contributed by atoms with Crippen LogP contribution in [-0.4, -0.2) is 18.6 Å². The van der Waals surface area contributed by atoms with Gasteiger partial charge in [-0.05, 0) is 31.5 Å². The van der Waals surface area contributed by atoms with Crippen molar-refractivity contribution >= 4 is 15.9 Å². The largest absolute Gasteiger partial charge is 0.274 e. The molecule has 2 aromatic carbocycles. The highest BCUT2D eigenvalue weighted by Crippen LogP contribution is 2.28. The fourth-order valence-electron chi connectivity index (χ4n) is 2.40. The van der Waals surface area contributed by atoms with Crippen molar-refractivity contribution in [2.45, 2.75) is 38.1 Å². The molecule has 0 aliphatic heterocycles. The monoisotopic (exact) mass is 331 g/mol. The fourth-order valence-corrected chi connectivity index (χ4v) is 4.05. The van der Waals surface area contributed by atoms with E-state index in [1.165, 1.54) is 0 Å². The van der Waals surface area contributed by atoms with Crippen LogP contribution in [0.4, 0.5) is 0 Å². The molecule has 0 saturated carbocycles. The highest BCUT2D eigenvalue weighted by molar-refractivity contribution is 7.89. The molecule has 0 bridgehead atoms. The molecular weight excluding hydrogens is 310 g/mol. The number of benzene rings is 2. The number of nitrogens with zero attached hydrogens (tertiary/aromatic N) is 1. The van der Waals surface area contributed by atoms with Crippen molar-refractivity contribution in [2.75, 3.05) is 0 Å². The van der Waals surface area contributed by atoms with Crippen LogP contribution in [0.1, 0.15) is 37.4 Å². The first-order valence-electron chi connectivity index (χ1n) is 7.56.